The Labute approximate surface area is 82.9 Å². The Balaban J connectivity index is 2.74. The molecule has 5 atom stereocenters. The van der Waals surface area contributed by atoms with Crippen molar-refractivity contribution < 1.29 is 25.2 Å². The van der Waals surface area contributed by atoms with Gasteiger partial charge in [0, 0.05) is 5.92 Å². The number of hydrogen-bond donors (Lipinski definition) is 4. The molecule has 1 aliphatic heterocycles. The summed E-state index contributed by atoms with van der Waals surface area (Å²) < 4.78 is 4.99. The van der Waals surface area contributed by atoms with Crippen molar-refractivity contribution in [1.29, 1.82) is 0 Å². The highest BCUT2D eigenvalue weighted by Gasteiger charge is 2.44. The molecule has 84 valence electrons. The van der Waals surface area contributed by atoms with Gasteiger partial charge in [0.05, 0.1) is 12.7 Å². The van der Waals surface area contributed by atoms with Gasteiger partial charge in [-0.1, -0.05) is 13.8 Å². The Morgan fingerprint density at radius 3 is 2.14 bits per heavy atom. The second kappa shape index (κ2) is 4.55. The van der Waals surface area contributed by atoms with Crippen LogP contribution in [0.1, 0.15) is 13.8 Å². The highest BCUT2D eigenvalue weighted by atomic mass is 16.6. The highest BCUT2D eigenvalue weighted by Crippen LogP contribution is 2.30. The van der Waals surface area contributed by atoms with Crippen LogP contribution in [0.25, 0.3) is 0 Å². The van der Waals surface area contributed by atoms with Crippen molar-refractivity contribution >= 4 is 0 Å². The maximum atomic E-state index is 9.68. The van der Waals surface area contributed by atoms with E-state index in [2.05, 4.69) is 0 Å². The number of hydrogen-bond acceptors (Lipinski definition) is 5. The van der Waals surface area contributed by atoms with E-state index in [9.17, 15) is 15.3 Å². The molecule has 0 saturated carbocycles. The fourth-order valence-electron chi connectivity index (χ4n) is 1.84. The zero-order valence-corrected chi connectivity index (χ0v) is 8.37. The van der Waals surface area contributed by atoms with Gasteiger partial charge in [0.25, 0.3) is 0 Å². The number of aliphatic hydroxyl groups excluding tert-OH is 4. The van der Waals surface area contributed by atoms with E-state index in [4.69, 9.17) is 9.84 Å². The van der Waals surface area contributed by atoms with Gasteiger partial charge in [0.1, 0.15) is 12.2 Å². The number of rotatable bonds is 2. The fourth-order valence-corrected chi connectivity index (χ4v) is 1.84. The normalized spacial score (nSPS) is 44.4. The summed E-state index contributed by atoms with van der Waals surface area (Å²) in [5.41, 5.74) is 0. The number of aliphatic hydroxyl groups is 4. The average molecular weight is 206 g/mol. The molecule has 5 nitrogen and oxygen atoms in total. The lowest BCUT2D eigenvalue weighted by atomic mass is 9.83. The maximum absolute atomic E-state index is 9.68. The lowest BCUT2D eigenvalue weighted by Gasteiger charge is -2.41. The summed E-state index contributed by atoms with van der Waals surface area (Å²) in [6.07, 6.45) is -4.24. The standard InChI is InChI=1S/C9H18O5/c1-4(2)6-8(12)7(11)5(3-10)14-9(6)13/h4-13H,3H2,1-2H3/t5?,6?,7-,8+,9+/m0/s1. The van der Waals surface area contributed by atoms with Crippen LogP contribution in [0.15, 0.2) is 0 Å². The van der Waals surface area contributed by atoms with E-state index in [1.165, 1.54) is 0 Å². The zero-order chi connectivity index (χ0) is 10.9. The minimum Gasteiger partial charge on any atom is -0.394 e. The van der Waals surface area contributed by atoms with Gasteiger partial charge in [0.15, 0.2) is 6.29 Å². The Morgan fingerprint density at radius 2 is 1.71 bits per heavy atom. The van der Waals surface area contributed by atoms with Gasteiger partial charge in [-0.15, -0.1) is 0 Å². The molecule has 0 spiro atoms. The average Bonchev–Trinajstić information content (AvgIpc) is 2.10. The first-order valence-corrected chi connectivity index (χ1v) is 4.79. The van der Waals surface area contributed by atoms with Gasteiger partial charge in [-0.2, -0.15) is 0 Å². The van der Waals surface area contributed by atoms with Crippen LogP contribution in [0, 0.1) is 11.8 Å². The Hall–Kier alpha value is -0.200. The van der Waals surface area contributed by atoms with E-state index in [0.717, 1.165) is 0 Å². The molecule has 0 aromatic rings. The van der Waals surface area contributed by atoms with E-state index >= 15 is 0 Å². The third kappa shape index (κ3) is 2.07. The van der Waals surface area contributed by atoms with Gasteiger partial charge in [-0.25, -0.2) is 0 Å². The minimum absolute atomic E-state index is 0.00528. The molecule has 0 bridgehead atoms. The molecule has 0 aromatic heterocycles. The summed E-state index contributed by atoms with van der Waals surface area (Å²) in [6, 6.07) is 0. The third-order valence-corrected chi connectivity index (χ3v) is 2.72. The summed E-state index contributed by atoms with van der Waals surface area (Å²) >= 11 is 0. The van der Waals surface area contributed by atoms with Crippen molar-refractivity contribution in [2.24, 2.45) is 11.8 Å². The molecule has 0 amide bonds. The molecule has 1 heterocycles. The van der Waals surface area contributed by atoms with Crippen LogP contribution >= 0.6 is 0 Å². The predicted octanol–water partition coefficient (Wildman–Crippen LogP) is -1.31. The molecule has 0 aromatic carbocycles. The largest absolute Gasteiger partial charge is 0.394 e. The predicted molar refractivity (Wildman–Crippen MR) is 48.3 cm³/mol. The molecule has 4 N–H and O–H groups in total. The van der Waals surface area contributed by atoms with Crippen LogP contribution in [0.2, 0.25) is 0 Å². The van der Waals surface area contributed by atoms with Gasteiger partial charge >= 0.3 is 0 Å². The second-order valence-corrected chi connectivity index (χ2v) is 4.05. The molecular formula is C9H18O5. The fraction of sp³-hybridized carbons (Fsp3) is 1.00. The van der Waals surface area contributed by atoms with Crippen LogP contribution in [0.3, 0.4) is 0 Å². The lowest BCUT2D eigenvalue weighted by Crippen LogP contribution is -2.56. The molecule has 0 aliphatic carbocycles. The molecular weight excluding hydrogens is 188 g/mol. The van der Waals surface area contributed by atoms with Gasteiger partial charge in [0.2, 0.25) is 0 Å². The summed E-state index contributed by atoms with van der Waals surface area (Å²) in [6.45, 7) is 3.24. The smallest absolute Gasteiger partial charge is 0.160 e. The topological polar surface area (TPSA) is 90.2 Å². The van der Waals surface area contributed by atoms with Crippen LogP contribution in [0.5, 0.6) is 0 Å². The van der Waals surface area contributed by atoms with Crippen LogP contribution in [-0.2, 0) is 4.74 Å². The minimum atomic E-state index is -1.14. The first-order chi connectivity index (χ1) is 6.49. The van der Waals surface area contributed by atoms with Crippen molar-refractivity contribution in [2.45, 2.75) is 38.4 Å². The quantitative estimate of drug-likeness (QED) is 0.450. The molecule has 1 saturated heterocycles. The molecule has 1 fully saturated rings. The molecule has 1 aliphatic rings. The van der Waals surface area contributed by atoms with Crippen molar-refractivity contribution in [2.75, 3.05) is 6.61 Å². The number of ether oxygens (including phenoxy) is 1. The van der Waals surface area contributed by atoms with Crippen molar-refractivity contribution in [1.82, 2.24) is 0 Å². The Kier molecular flexibility index (Phi) is 3.86. The summed E-state index contributed by atoms with van der Waals surface area (Å²) in [7, 11) is 0. The second-order valence-electron chi connectivity index (χ2n) is 4.05. The van der Waals surface area contributed by atoms with E-state index < -0.39 is 37.1 Å². The highest BCUT2D eigenvalue weighted by molar-refractivity contribution is 4.89. The Bertz CT molecular complexity index is 184. The van der Waals surface area contributed by atoms with E-state index in [-0.39, 0.29) is 5.92 Å². The maximum Gasteiger partial charge on any atom is 0.160 e. The molecule has 0 radical (unpaired) electrons. The first-order valence-electron chi connectivity index (χ1n) is 4.79. The van der Waals surface area contributed by atoms with Crippen LogP contribution < -0.4 is 0 Å². The van der Waals surface area contributed by atoms with Gasteiger partial charge in [-0.05, 0) is 5.92 Å². The van der Waals surface area contributed by atoms with Crippen LogP contribution in [0.4, 0.5) is 0 Å². The molecule has 1 rings (SSSR count). The SMILES string of the molecule is CC(C)C1[C@H](O)OC(CO)[C@H](O)[C@@H]1O. The van der Waals surface area contributed by atoms with Crippen LogP contribution in [-0.4, -0.2) is 51.6 Å². The lowest BCUT2D eigenvalue weighted by molar-refractivity contribution is -0.277. The van der Waals surface area contributed by atoms with E-state index in [1.54, 1.807) is 0 Å². The molecule has 14 heavy (non-hydrogen) atoms. The van der Waals surface area contributed by atoms with E-state index in [1.807, 2.05) is 13.8 Å². The molecule has 5 heteroatoms. The van der Waals surface area contributed by atoms with Gasteiger partial charge in [-0.3, -0.25) is 0 Å². The van der Waals surface area contributed by atoms with Crippen molar-refractivity contribution in [3.05, 3.63) is 0 Å². The first kappa shape index (κ1) is 11.9. The molecule has 2 unspecified atom stereocenters. The van der Waals surface area contributed by atoms with Gasteiger partial charge < -0.3 is 25.2 Å². The third-order valence-electron chi connectivity index (χ3n) is 2.72. The zero-order valence-electron chi connectivity index (χ0n) is 8.37. The monoisotopic (exact) mass is 206 g/mol. The Morgan fingerprint density at radius 1 is 1.14 bits per heavy atom. The van der Waals surface area contributed by atoms with Crippen molar-refractivity contribution in [3.8, 4) is 0 Å². The summed E-state index contributed by atoms with van der Waals surface area (Å²) in [5, 5.41) is 37.5. The summed E-state index contributed by atoms with van der Waals surface area (Å²) in [4.78, 5) is 0. The van der Waals surface area contributed by atoms with E-state index in [0.29, 0.717) is 0 Å². The summed E-state index contributed by atoms with van der Waals surface area (Å²) in [5.74, 6) is -0.526. The van der Waals surface area contributed by atoms with Crippen molar-refractivity contribution in [3.63, 3.8) is 0 Å².